The fourth-order valence-corrected chi connectivity index (χ4v) is 2.82. The van der Waals surface area contributed by atoms with Gasteiger partial charge in [-0.05, 0) is 25.0 Å². The lowest BCUT2D eigenvalue weighted by Gasteiger charge is -2.28. The van der Waals surface area contributed by atoms with Crippen LogP contribution in [0.5, 0.6) is 5.75 Å². The topological polar surface area (TPSA) is 41.9 Å². The molecule has 0 bridgehead atoms. The molecule has 3 rings (SSSR count). The van der Waals surface area contributed by atoms with E-state index in [9.17, 15) is 5.11 Å². The Balaban J connectivity index is 1.72. The summed E-state index contributed by atoms with van der Waals surface area (Å²) in [5.74, 6) is 1.20. The SMILES string of the molecule is OC(CN1CCCOc2ccccc21)C1CCOC1. The van der Waals surface area contributed by atoms with Gasteiger partial charge in [-0.3, -0.25) is 0 Å². The highest BCUT2D eigenvalue weighted by molar-refractivity contribution is 5.59. The molecule has 2 heterocycles. The lowest BCUT2D eigenvalue weighted by atomic mass is 10.0. The van der Waals surface area contributed by atoms with Crippen molar-refractivity contribution in [2.24, 2.45) is 5.92 Å². The van der Waals surface area contributed by atoms with Crippen LogP contribution in [0.4, 0.5) is 5.69 Å². The molecule has 0 radical (unpaired) electrons. The molecule has 1 aromatic carbocycles. The highest BCUT2D eigenvalue weighted by Gasteiger charge is 2.27. The van der Waals surface area contributed by atoms with Crippen LogP contribution in [0.2, 0.25) is 0 Å². The summed E-state index contributed by atoms with van der Waals surface area (Å²) in [5.41, 5.74) is 1.10. The molecular formula is C15H21NO3. The van der Waals surface area contributed by atoms with Crippen molar-refractivity contribution in [2.45, 2.75) is 18.9 Å². The first-order valence-electron chi connectivity index (χ1n) is 7.07. The largest absolute Gasteiger partial charge is 0.491 e. The monoisotopic (exact) mass is 263 g/mol. The molecule has 4 nitrogen and oxygen atoms in total. The van der Waals surface area contributed by atoms with E-state index in [1.807, 2.05) is 18.2 Å². The fraction of sp³-hybridized carbons (Fsp3) is 0.600. The number of benzene rings is 1. The molecule has 4 heteroatoms. The van der Waals surface area contributed by atoms with Crippen molar-refractivity contribution in [1.82, 2.24) is 0 Å². The van der Waals surface area contributed by atoms with Gasteiger partial charge in [0.1, 0.15) is 5.75 Å². The van der Waals surface area contributed by atoms with Gasteiger partial charge in [-0.15, -0.1) is 0 Å². The molecule has 1 aromatic rings. The molecule has 2 aliphatic rings. The summed E-state index contributed by atoms with van der Waals surface area (Å²) >= 11 is 0. The number of rotatable bonds is 3. The first-order chi connectivity index (χ1) is 9.34. The number of β-amino-alcohol motifs (C(OH)–C–C–N with tert-alkyl or cyclic N) is 1. The molecule has 104 valence electrons. The highest BCUT2D eigenvalue weighted by atomic mass is 16.5. The van der Waals surface area contributed by atoms with Gasteiger partial charge in [-0.25, -0.2) is 0 Å². The lowest BCUT2D eigenvalue weighted by molar-refractivity contribution is 0.0961. The molecule has 2 unspecified atom stereocenters. The van der Waals surface area contributed by atoms with E-state index in [1.165, 1.54) is 0 Å². The number of aliphatic hydroxyl groups excluding tert-OH is 1. The summed E-state index contributed by atoms with van der Waals surface area (Å²) < 4.78 is 11.1. The normalized spacial score (nSPS) is 24.5. The molecule has 0 saturated carbocycles. The van der Waals surface area contributed by atoms with Crippen molar-refractivity contribution in [3.05, 3.63) is 24.3 Å². The number of hydrogen-bond acceptors (Lipinski definition) is 4. The second-order valence-electron chi connectivity index (χ2n) is 5.31. The molecule has 1 fully saturated rings. The quantitative estimate of drug-likeness (QED) is 0.901. The first-order valence-corrected chi connectivity index (χ1v) is 7.07. The van der Waals surface area contributed by atoms with Crippen LogP contribution in [0.15, 0.2) is 24.3 Å². The van der Waals surface area contributed by atoms with Gasteiger partial charge < -0.3 is 19.5 Å². The highest BCUT2D eigenvalue weighted by Crippen LogP contribution is 2.31. The maximum absolute atomic E-state index is 10.4. The number of aliphatic hydroxyl groups is 1. The van der Waals surface area contributed by atoms with Crippen molar-refractivity contribution >= 4 is 5.69 Å². The Hall–Kier alpha value is -1.26. The van der Waals surface area contributed by atoms with E-state index >= 15 is 0 Å². The average molecular weight is 263 g/mol. The molecule has 1 N–H and O–H groups in total. The van der Waals surface area contributed by atoms with Crippen LogP contribution in [-0.4, -0.2) is 44.1 Å². The standard InChI is InChI=1S/C15H21NO3/c17-14(12-6-9-18-11-12)10-16-7-3-8-19-15-5-2-1-4-13(15)16/h1-2,4-5,12,14,17H,3,6-11H2. The summed E-state index contributed by atoms with van der Waals surface area (Å²) in [4.78, 5) is 2.24. The van der Waals surface area contributed by atoms with E-state index in [0.717, 1.165) is 44.0 Å². The van der Waals surface area contributed by atoms with Crippen molar-refractivity contribution in [3.63, 3.8) is 0 Å². The van der Waals surface area contributed by atoms with Gasteiger partial charge in [0.25, 0.3) is 0 Å². The van der Waals surface area contributed by atoms with Crippen LogP contribution in [0.1, 0.15) is 12.8 Å². The second-order valence-corrected chi connectivity index (χ2v) is 5.31. The number of hydrogen-bond donors (Lipinski definition) is 1. The Morgan fingerprint density at radius 3 is 3.05 bits per heavy atom. The zero-order valence-corrected chi connectivity index (χ0v) is 11.1. The minimum atomic E-state index is -0.325. The van der Waals surface area contributed by atoms with Crippen molar-refractivity contribution in [1.29, 1.82) is 0 Å². The van der Waals surface area contributed by atoms with E-state index in [2.05, 4.69) is 11.0 Å². The maximum atomic E-state index is 10.4. The number of ether oxygens (including phenoxy) is 2. The van der Waals surface area contributed by atoms with Gasteiger partial charge in [-0.1, -0.05) is 12.1 Å². The second kappa shape index (κ2) is 5.80. The molecule has 2 aliphatic heterocycles. The summed E-state index contributed by atoms with van der Waals surface area (Å²) in [7, 11) is 0. The number of para-hydroxylation sites is 2. The van der Waals surface area contributed by atoms with Gasteiger partial charge in [0, 0.05) is 25.6 Å². The number of anilines is 1. The summed E-state index contributed by atoms with van der Waals surface area (Å²) in [5, 5.41) is 10.4. The minimum Gasteiger partial charge on any atom is -0.491 e. The summed E-state index contributed by atoms with van der Waals surface area (Å²) in [6, 6.07) is 8.08. The number of fused-ring (bicyclic) bond motifs is 1. The van der Waals surface area contributed by atoms with Gasteiger partial charge in [0.15, 0.2) is 0 Å². The average Bonchev–Trinajstić information content (AvgIpc) is 2.90. The number of nitrogens with zero attached hydrogens (tertiary/aromatic N) is 1. The summed E-state index contributed by atoms with van der Waals surface area (Å²) in [6.07, 6.45) is 1.63. The molecule has 0 spiro atoms. The Labute approximate surface area is 113 Å². The van der Waals surface area contributed by atoms with Crippen LogP contribution < -0.4 is 9.64 Å². The van der Waals surface area contributed by atoms with Crippen LogP contribution in [-0.2, 0) is 4.74 Å². The molecule has 0 amide bonds. The zero-order chi connectivity index (χ0) is 13.1. The third-order valence-corrected chi connectivity index (χ3v) is 3.95. The van der Waals surface area contributed by atoms with E-state index in [-0.39, 0.29) is 12.0 Å². The predicted molar refractivity (Wildman–Crippen MR) is 73.7 cm³/mol. The summed E-state index contributed by atoms with van der Waals surface area (Å²) in [6.45, 7) is 3.81. The van der Waals surface area contributed by atoms with E-state index in [4.69, 9.17) is 9.47 Å². The van der Waals surface area contributed by atoms with Crippen LogP contribution >= 0.6 is 0 Å². The van der Waals surface area contributed by atoms with Gasteiger partial charge in [0.2, 0.25) is 0 Å². The van der Waals surface area contributed by atoms with E-state index < -0.39 is 0 Å². The van der Waals surface area contributed by atoms with E-state index in [0.29, 0.717) is 13.2 Å². The molecule has 0 aromatic heterocycles. The Morgan fingerprint density at radius 1 is 1.32 bits per heavy atom. The Morgan fingerprint density at radius 2 is 2.21 bits per heavy atom. The first kappa shape index (κ1) is 12.8. The maximum Gasteiger partial charge on any atom is 0.142 e. The van der Waals surface area contributed by atoms with Crippen molar-refractivity contribution in [2.75, 3.05) is 37.8 Å². The van der Waals surface area contributed by atoms with Crippen LogP contribution in [0.25, 0.3) is 0 Å². The Bertz CT molecular complexity index is 418. The van der Waals surface area contributed by atoms with Gasteiger partial charge in [-0.2, -0.15) is 0 Å². The Kier molecular flexibility index (Phi) is 3.89. The van der Waals surface area contributed by atoms with Crippen LogP contribution in [0.3, 0.4) is 0 Å². The lowest BCUT2D eigenvalue weighted by Crippen LogP contribution is -2.37. The molecular weight excluding hydrogens is 242 g/mol. The van der Waals surface area contributed by atoms with Crippen LogP contribution in [0, 0.1) is 5.92 Å². The van der Waals surface area contributed by atoms with Crippen molar-refractivity contribution < 1.29 is 14.6 Å². The fourth-order valence-electron chi connectivity index (χ4n) is 2.82. The molecule has 1 saturated heterocycles. The van der Waals surface area contributed by atoms with Gasteiger partial charge in [0.05, 0.1) is 25.0 Å². The molecule has 19 heavy (non-hydrogen) atoms. The molecule has 0 aliphatic carbocycles. The zero-order valence-electron chi connectivity index (χ0n) is 11.1. The smallest absolute Gasteiger partial charge is 0.142 e. The van der Waals surface area contributed by atoms with Crippen molar-refractivity contribution in [3.8, 4) is 5.75 Å². The third-order valence-electron chi connectivity index (χ3n) is 3.95. The predicted octanol–water partition coefficient (Wildman–Crippen LogP) is 1.67. The van der Waals surface area contributed by atoms with E-state index in [1.54, 1.807) is 0 Å². The molecule has 2 atom stereocenters. The van der Waals surface area contributed by atoms with Gasteiger partial charge >= 0.3 is 0 Å². The third kappa shape index (κ3) is 2.85. The minimum absolute atomic E-state index is 0.274.